The number of rotatable bonds is 10. The Balaban J connectivity index is 1.99. The van der Waals surface area contributed by atoms with E-state index in [0.717, 1.165) is 0 Å². The van der Waals surface area contributed by atoms with E-state index in [2.05, 4.69) is 10.3 Å². The number of carbonyl (C=O) groups excluding carboxylic acids is 2. The normalized spacial score (nSPS) is 11.5. The van der Waals surface area contributed by atoms with E-state index in [9.17, 15) is 24.0 Å². The minimum atomic E-state index is -1.33. The zero-order chi connectivity index (χ0) is 23.1. The molecule has 1 heterocycles. The smallest absolute Gasteiger partial charge is 0.326 e. The Morgan fingerprint density at radius 3 is 2.23 bits per heavy atom. The maximum absolute atomic E-state index is 12.3. The topological polar surface area (TPSA) is 206 Å². The predicted molar refractivity (Wildman–Crippen MR) is 111 cm³/mol. The van der Waals surface area contributed by atoms with E-state index in [1.807, 2.05) is 0 Å². The zero-order valence-corrected chi connectivity index (χ0v) is 16.4. The van der Waals surface area contributed by atoms with Crippen molar-refractivity contribution < 1.29 is 29.4 Å². The molecule has 0 saturated carbocycles. The highest BCUT2D eigenvalue weighted by Crippen LogP contribution is 2.14. The van der Waals surface area contributed by atoms with Gasteiger partial charge in [0.15, 0.2) is 5.78 Å². The van der Waals surface area contributed by atoms with Crippen LogP contribution in [0, 0.1) is 0 Å². The summed E-state index contributed by atoms with van der Waals surface area (Å²) < 4.78 is 0. The molecule has 0 aliphatic carbocycles. The Kier molecular flexibility index (Phi) is 7.50. The molecular formula is C20H22N4O7. The summed E-state index contributed by atoms with van der Waals surface area (Å²) in [4.78, 5) is 60.6. The third kappa shape index (κ3) is 6.42. The highest BCUT2D eigenvalue weighted by Gasteiger charge is 2.21. The maximum Gasteiger partial charge on any atom is 0.326 e. The number of carboxylic acid groups (broad SMARTS) is 2. The average Bonchev–Trinajstić information content (AvgIpc) is 2.68. The maximum atomic E-state index is 12.3. The van der Waals surface area contributed by atoms with Gasteiger partial charge in [-0.05, 0) is 30.5 Å². The summed E-state index contributed by atoms with van der Waals surface area (Å²) in [6.07, 6.45) is -0.366. The second-order valence-corrected chi connectivity index (χ2v) is 6.80. The van der Waals surface area contributed by atoms with Gasteiger partial charge in [0.1, 0.15) is 17.4 Å². The number of ketones is 1. The molecule has 1 aromatic carbocycles. The summed E-state index contributed by atoms with van der Waals surface area (Å²) >= 11 is 0. The molecule has 0 saturated heterocycles. The molecule has 1 atom stereocenters. The summed E-state index contributed by atoms with van der Waals surface area (Å²) in [7, 11) is 0. The molecule has 1 aromatic heterocycles. The number of nitrogen functional groups attached to an aromatic ring is 2. The van der Waals surface area contributed by atoms with E-state index in [1.165, 1.54) is 18.2 Å². The number of carbonyl (C=O) groups is 4. The number of H-pyrrole nitrogens is 1. The van der Waals surface area contributed by atoms with Gasteiger partial charge < -0.3 is 32.0 Å². The number of aliphatic carboxylic acids is 2. The minimum absolute atomic E-state index is 0.000974. The van der Waals surface area contributed by atoms with Crippen LogP contribution in [0.3, 0.4) is 0 Å². The van der Waals surface area contributed by atoms with Crippen molar-refractivity contribution in [3.63, 3.8) is 0 Å². The summed E-state index contributed by atoms with van der Waals surface area (Å²) in [6, 6.07) is 6.05. The second-order valence-electron chi connectivity index (χ2n) is 6.80. The van der Waals surface area contributed by atoms with Crippen LogP contribution in [-0.2, 0) is 16.0 Å². The fourth-order valence-corrected chi connectivity index (χ4v) is 2.86. The second kappa shape index (κ2) is 10.1. The number of pyridine rings is 1. The fraction of sp³-hybridized carbons (Fsp3) is 0.250. The van der Waals surface area contributed by atoms with Gasteiger partial charge in [-0.2, -0.15) is 0 Å². The molecule has 2 rings (SSSR count). The Morgan fingerprint density at radius 1 is 1.03 bits per heavy atom. The quantitative estimate of drug-likeness (QED) is 0.288. The molecule has 0 unspecified atom stereocenters. The van der Waals surface area contributed by atoms with Crippen LogP contribution in [0.15, 0.2) is 35.1 Å². The molecule has 0 aliphatic rings. The fourth-order valence-electron chi connectivity index (χ4n) is 2.86. The summed E-state index contributed by atoms with van der Waals surface area (Å²) in [5.41, 5.74) is 11.2. The van der Waals surface area contributed by atoms with Crippen LogP contribution in [0.4, 0.5) is 11.5 Å². The number of nitrogens with one attached hydrogen (secondary N) is 2. The van der Waals surface area contributed by atoms with Crippen LogP contribution in [0.5, 0.6) is 0 Å². The number of carboxylic acids is 2. The molecule has 0 radical (unpaired) electrons. The first-order chi connectivity index (χ1) is 14.6. The first-order valence-corrected chi connectivity index (χ1v) is 9.24. The zero-order valence-electron chi connectivity index (χ0n) is 16.4. The highest BCUT2D eigenvalue weighted by atomic mass is 16.4. The predicted octanol–water partition coefficient (Wildman–Crippen LogP) is 0.403. The van der Waals surface area contributed by atoms with Crippen molar-refractivity contribution in [2.24, 2.45) is 0 Å². The van der Waals surface area contributed by atoms with Crippen LogP contribution < -0.4 is 22.3 Å². The Morgan fingerprint density at radius 2 is 1.68 bits per heavy atom. The lowest BCUT2D eigenvalue weighted by Crippen LogP contribution is -2.41. The Hall–Kier alpha value is -4.15. The van der Waals surface area contributed by atoms with Crippen molar-refractivity contribution in [2.45, 2.75) is 31.7 Å². The van der Waals surface area contributed by atoms with Crippen LogP contribution in [0.1, 0.15) is 45.5 Å². The first-order valence-electron chi connectivity index (χ1n) is 9.24. The van der Waals surface area contributed by atoms with Gasteiger partial charge in [-0.25, -0.2) is 4.79 Å². The van der Waals surface area contributed by atoms with Crippen LogP contribution in [-0.4, -0.2) is 44.9 Å². The van der Waals surface area contributed by atoms with E-state index in [1.54, 1.807) is 12.1 Å². The molecule has 1 amide bonds. The number of aromatic nitrogens is 1. The number of hydrogen-bond donors (Lipinski definition) is 6. The Bertz CT molecular complexity index is 1060. The molecule has 0 spiro atoms. The van der Waals surface area contributed by atoms with Crippen LogP contribution in [0.25, 0.3) is 0 Å². The van der Waals surface area contributed by atoms with E-state index in [4.69, 9.17) is 21.7 Å². The Labute approximate surface area is 176 Å². The van der Waals surface area contributed by atoms with Gasteiger partial charge >= 0.3 is 11.9 Å². The minimum Gasteiger partial charge on any atom is -0.481 e. The number of benzene rings is 1. The van der Waals surface area contributed by atoms with Gasteiger partial charge in [-0.3, -0.25) is 19.2 Å². The third-order valence-electron chi connectivity index (χ3n) is 4.47. The number of anilines is 2. The van der Waals surface area contributed by atoms with Gasteiger partial charge in [0.25, 0.3) is 11.5 Å². The molecule has 11 heteroatoms. The molecule has 0 fully saturated rings. The van der Waals surface area contributed by atoms with Crippen LogP contribution in [0.2, 0.25) is 0 Å². The third-order valence-corrected chi connectivity index (χ3v) is 4.47. The molecule has 8 N–H and O–H groups in total. The number of Topliss-reactive ketones (excluding diaryl/α,β-unsaturated/α-hetero) is 1. The lowest BCUT2D eigenvalue weighted by atomic mass is 10.0. The van der Waals surface area contributed by atoms with E-state index in [0.29, 0.717) is 5.56 Å². The number of amides is 1. The number of aryl methyl sites for hydroxylation is 1. The highest BCUT2D eigenvalue weighted by molar-refractivity contribution is 6.00. The molecule has 164 valence electrons. The first kappa shape index (κ1) is 23.1. The lowest BCUT2D eigenvalue weighted by molar-refractivity contribution is -0.140. The SMILES string of the molecule is Nc1cc(N)c(C(=O)CCc2ccc(C(=O)N[C@@H](CCC(=O)O)C(=O)O)cc2)c(=O)[nH]1. The molecule has 31 heavy (non-hydrogen) atoms. The summed E-state index contributed by atoms with van der Waals surface area (Å²) in [5.74, 6) is -3.56. The van der Waals surface area contributed by atoms with E-state index < -0.39 is 41.7 Å². The van der Waals surface area contributed by atoms with Crippen molar-refractivity contribution in [2.75, 3.05) is 11.5 Å². The lowest BCUT2D eigenvalue weighted by Gasteiger charge is -2.13. The van der Waals surface area contributed by atoms with E-state index >= 15 is 0 Å². The number of hydrogen-bond acceptors (Lipinski definition) is 7. The number of aromatic amines is 1. The largest absolute Gasteiger partial charge is 0.481 e. The molecule has 2 aromatic rings. The van der Waals surface area contributed by atoms with Gasteiger partial charge in [-0.15, -0.1) is 0 Å². The van der Waals surface area contributed by atoms with Crippen molar-refractivity contribution >= 4 is 35.1 Å². The van der Waals surface area contributed by atoms with Crippen molar-refractivity contribution in [1.29, 1.82) is 0 Å². The number of nitrogens with two attached hydrogens (primary N) is 2. The van der Waals surface area contributed by atoms with Crippen molar-refractivity contribution in [3.8, 4) is 0 Å². The van der Waals surface area contributed by atoms with Gasteiger partial charge in [0, 0.05) is 24.5 Å². The van der Waals surface area contributed by atoms with Gasteiger partial charge in [0.05, 0.1) is 5.69 Å². The average molecular weight is 430 g/mol. The molecule has 0 aliphatic heterocycles. The van der Waals surface area contributed by atoms with E-state index in [-0.39, 0.29) is 41.9 Å². The molecule has 11 nitrogen and oxygen atoms in total. The van der Waals surface area contributed by atoms with Gasteiger partial charge in [-0.1, -0.05) is 12.1 Å². The standard InChI is InChI=1S/C20H22N4O7/c21-12-9-15(22)24-19(29)17(12)14(25)7-3-10-1-4-11(5-2-10)18(28)23-13(20(30)31)6-8-16(26)27/h1-2,4-5,9,13H,3,6-8H2,(H,23,28)(H,26,27)(H,30,31)(H5,21,22,24,29)/t13-/m0/s1. The van der Waals surface area contributed by atoms with Crippen LogP contribution >= 0.6 is 0 Å². The summed E-state index contributed by atoms with van der Waals surface area (Å²) in [6.45, 7) is 0. The summed E-state index contributed by atoms with van der Waals surface area (Å²) in [5, 5.41) is 20.1. The van der Waals surface area contributed by atoms with Crippen molar-refractivity contribution in [3.05, 3.63) is 57.4 Å². The van der Waals surface area contributed by atoms with Gasteiger partial charge in [0.2, 0.25) is 0 Å². The monoisotopic (exact) mass is 430 g/mol. The molecular weight excluding hydrogens is 408 g/mol. The molecule has 0 bridgehead atoms. The van der Waals surface area contributed by atoms with Crippen molar-refractivity contribution in [1.82, 2.24) is 10.3 Å².